The Hall–Kier alpha value is -4.35. The van der Waals surface area contributed by atoms with Gasteiger partial charge in [-0.3, -0.25) is 4.79 Å². The van der Waals surface area contributed by atoms with Gasteiger partial charge in [0, 0.05) is 23.9 Å². The van der Waals surface area contributed by atoms with Gasteiger partial charge in [0.2, 0.25) is 6.17 Å². The minimum absolute atomic E-state index is 0.0550. The lowest BCUT2D eigenvalue weighted by molar-refractivity contribution is -0.143. The number of aliphatic imine (C=N–C) groups is 1. The van der Waals surface area contributed by atoms with Crippen molar-refractivity contribution in [3.8, 4) is 0 Å². The predicted molar refractivity (Wildman–Crippen MR) is 124 cm³/mol. The molecule has 0 aromatic heterocycles. The number of hydrogen-bond donors (Lipinski definition) is 2. The normalized spacial score (nSPS) is 16.0. The molecule has 3 aromatic rings. The van der Waals surface area contributed by atoms with E-state index in [-0.39, 0.29) is 6.07 Å². The van der Waals surface area contributed by atoms with Crippen LogP contribution in [0.25, 0.3) is 0 Å². The van der Waals surface area contributed by atoms with Crippen LogP contribution in [0.1, 0.15) is 22.3 Å². The maximum absolute atomic E-state index is 13.2. The van der Waals surface area contributed by atoms with Crippen LogP contribution in [0.2, 0.25) is 0 Å². The van der Waals surface area contributed by atoms with Gasteiger partial charge in [0.05, 0.1) is 22.5 Å². The fraction of sp³-hybridized carbons (Fsp3) is 0.160. The predicted octanol–water partition coefficient (Wildman–Crippen LogP) is 5.69. The molecule has 0 radical (unpaired) electrons. The first-order chi connectivity index (χ1) is 17.3. The van der Waals surface area contributed by atoms with Gasteiger partial charge in [0.25, 0.3) is 5.91 Å². The number of amides is 3. The average molecular weight is 520 g/mol. The number of benzene rings is 3. The van der Waals surface area contributed by atoms with Crippen molar-refractivity contribution < 1.29 is 35.9 Å². The molecule has 1 atom stereocenters. The Kier molecular flexibility index (Phi) is 6.68. The standard InChI is InChI=1S/C25H18F6N4O2/c1-35-19-10-6-5-9-18(19)20(14-7-3-2-4-8-14)33-21(22(35)36)34-23(37)32-17-12-15(24(26,27)28)11-16(13-17)25(29,30)31/h2-13,21H,1H3,(H2,32,34,37)/t21-/m1/s1. The number of benzodiazepines with no additional fused rings is 1. The summed E-state index contributed by atoms with van der Waals surface area (Å²) in [7, 11) is 1.46. The summed E-state index contributed by atoms with van der Waals surface area (Å²) in [5, 5.41) is 4.20. The van der Waals surface area contributed by atoms with Gasteiger partial charge in [-0.1, -0.05) is 48.5 Å². The highest BCUT2D eigenvalue weighted by atomic mass is 19.4. The molecule has 0 unspecified atom stereocenters. The Morgan fingerprint density at radius 1 is 0.865 bits per heavy atom. The van der Waals surface area contributed by atoms with E-state index in [1.54, 1.807) is 54.6 Å². The molecule has 0 spiro atoms. The van der Waals surface area contributed by atoms with E-state index in [1.807, 2.05) is 5.32 Å². The molecule has 12 heteroatoms. The summed E-state index contributed by atoms with van der Waals surface area (Å²) < 4.78 is 78.9. The van der Waals surface area contributed by atoms with E-state index in [2.05, 4.69) is 10.3 Å². The van der Waals surface area contributed by atoms with Crippen molar-refractivity contribution in [1.82, 2.24) is 5.32 Å². The molecule has 3 aromatic carbocycles. The van der Waals surface area contributed by atoms with Crippen molar-refractivity contribution >= 4 is 29.0 Å². The molecular formula is C25H18F6N4O2. The van der Waals surface area contributed by atoms with Crippen LogP contribution in [0.15, 0.2) is 77.8 Å². The smallest absolute Gasteiger partial charge is 0.311 e. The molecule has 6 nitrogen and oxygen atoms in total. The zero-order valence-corrected chi connectivity index (χ0v) is 19.0. The van der Waals surface area contributed by atoms with Crippen LogP contribution in [0.5, 0.6) is 0 Å². The van der Waals surface area contributed by atoms with E-state index in [4.69, 9.17) is 0 Å². The first-order valence-corrected chi connectivity index (χ1v) is 10.7. The number of carbonyl (C=O) groups excluding carboxylic acids is 2. The number of nitrogens with zero attached hydrogens (tertiary/aromatic N) is 2. The molecule has 0 saturated carbocycles. The van der Waals surface area contributed by atoms with E-state index in [1.165, 1.54) is 11.9 Å². The van der Waals surface area contributed by atoms with E-state index in [0.717, 1.165) is 0 Å². The summed E-state index contributed by atoms with van der Waals surface area (Å²) in [5.41, 5.74) is -1.89. The van der Waals surface area contributed by atoms with Crippen LogP contribution in [0.3, 0.4) is 0 Å². The second-order valence-corrected chi connectivity index (χ2v) is 8.05. The number of para-hydroxylation sites is 1. The third kappa shape index (κ3) is 5.57. The second-order valence-electron chi connectivity index (χ2n) is 8.05. The Bertz CT molecular complexity index is 1340. The highest BCUT2D eigenvalue weighted by Gasteiger charge is 2.37. The number of carbonyl (C=O) groups is 2. The van der Waals surface area contributed by atoms with Gasteiger partial charge in [-0.05, 0) is 24.3 Å². The van der Waals surface area contributed by atoms with E-state index >= 15 is 0 Å². The number of rotatable bonds is 3. The first kappa shape index (κ1) is 25.7. The van der Waals surface area contributed by atoms with Gasteiger partial charge in [0.15, 0.2) is 0 Å². The Labute approximate surface area is 206 Å². The van der Waals surface area contributed by atoms with Gasteiger partial charge in [-0.2, -0.15) is 26.3 Å². The van der Waals surface area contributed by atoms with Gasteiger partial charge in [-0.15, -0.1) is 0 Å². The summed E-state index contributed by atoms with van der Waals surface area (Å²) in [6.45, 7) is 0. The van der Waals surface area contributed by atoms with Crippen molar-refractivity contribution in [3.63, 3.8) is 0 Å². The van der Waals surface area contributed by atoms with Crippen LogP contribution in [0.4, 0.5) is 42.5 Å². The van der Waals surface area contributed by atoms with Crippen LogP contribution in [-0.4, -0.2) is 30.9 Å². The largest absolute Gasteiger partial charge is 0.416 e. The summed E-state index contributed by atoms with van der Waals surface area (Å²) >= 11 is 0. The number of hydrogen-bond acceptors (Lipinski definition) is 3. The summed E-state index contributed by atoms with van der Waals surface area (Å²) in [6.07, 6.45) is -11.7. The Balaban J connectivity index is 1.68. The van der Waals surface area contributed by atoms with Crippen molar-refractivity contribution in [3.05, 3.63) is 95.1 Å². The summed E-state index contributed by atoms with van der Waals surface area (Å²) in [4.78, 5) is 31.4. The number of alkyl halides is 6. The molecule has 3 amide bonds. The van der Waals surface area contributed by atoms with Crippen LogP contribution in [-0.2, 0) is 17.1 Å². The lowest BCUT2D eigenvalue weighted by Crippen LogP contribution is -2.47. The third-order valence-corrected chi connectivity index (χ3v) is 5.50. The summed E-state index contributed by atoms with van der Waals surface area (Å²) in [6, 6.07) is 15.1. The lowest BCUT2D eigenvalue weighted by atomic mass is 10.0. The van der Waals surface area contributed by atoms with Crippen molar-refractivity contribution in [2.45, 2.75) is 18.5 Å². The maximum Gasteiger partial charge on any atom is 0.416 e. The highest BCUT2D eigenvalue weighted by Crippen LogP contribution is 2.37. The van der Waals surface area contributed by atoms with E-state index in [0.29, 0.717) is 34.7 Å². The molecule has 1 aliphatic heterocycles. The second kappa shape index (κ2) is 9.60. The SMILES string of the molecule is CN1C(=O)[C@@H](NC(=O)Nc2cc(C(F)(F)F)cc(C(F)(F)F)c2)N=C(c2ccccc2)c2ccccc21. The Morgan fingerprint density at radius 2 is 1.43 bits per heavy atom. The molecule has 0 saturated heterocycles. The van der Waals surface area contributed by atoms with Gasteiger partial charge in [-0.25, -0.2) is 9.79 Å². The number of fused-ring (bicyclic) bond motifs is 1. The third-order valence-electron chi connectivity index (χ3n) is 5.50. The Morgan fingerprint density at radius 3 is 2.03 bits per heavy atom. The van der Waals surface area contributed by atoms with Gasteiger partial charge < -0.3 is 15.5 Å². The minimum atomic E-state index is -5.09. The average Bonchev–Trinajstić information content (AvgIpc) is 2.94. The number of nitrogens with one attached hydrogen (secondary N) is 2. The molecule has 0 aliphatic carbocycles. The van der Waals surface area contributed by atoms with Crippen molar-refractivity contribution in [1.29, 1.82) is 0 Å². The maximum atomic E-state index is 13.2. The van der Waals surface area contributed by atoms with E-state index in [9.17, 15) is 35.9 Å². The number of anilines is 2. The molecule has 37 heavy (non-hydrogen) atoms. The number of likely N-dealkylation sites (N-methyl/N-ethyl adjacent to an activating group) is 1. The van der Waals surface area contributed by atoms with Crippen LogP contribution < -0.4 is 15.5 Å². The fourth-order valence-corrected chi connectivity index (χ4v) is 3.76. The molecule has 4 rings (SSSR count). The van der Waals surface area contributed by atoms with Crippen LogP contribution >= 0.6 is 0 Å². The topological polar surface area (TPSA) is 73.8 Å². The molecular weight excluding hydrogens is 502 g/mol. The zero-order chi connectivity index (χ0) is 27.0. The fourth-order valence-electron chi connectivity index (χ4n) is 3.76. The van der Waals surface area contributed by atoms with E-state index < -0.39 is 47.3 Å². The molecule has 0 bridgehead atoms. The molecule has 1 aliphatic rings. The monoisotopic (exact) mass is 520 g/mol. The first-order valence-electron chi connectivity index (χ1n) is 10.7. The zero-order valence-electron chi connectivity index (χ0n) is 19.0. The van der Waals surface area contributed by atoms with Crippen LogP contribution in [0, 0.1) is 0 Å². The van der Waals surface area contributed by atoms with Gasteiger partial charge in [0.1, 0.15) is 0 Å². The van der Waals surface area contributed by atoms with Gasteiger partial charge >= 0.3 is 18.4 Å². The quantitative estimate of drug-likeness (QED) is 0.436. The molecule has 192 valence electrons. The van der Waals surface area contributed by atoms with Crippen molar-refractivity contribution in [2.75, 3.05) is 17.3 Å². The highest BCUT2D eigenvalue weighted by molar-refractivity contribution is 6.20. The molecule has 2 N–H and O–H groups in total. The lowest BCUT2D eigenvalue weighted by Gasteiger charge is -2.21. The summed E-state index contributed by atoms with van der Waals surface area (Å²) in [5.74, 6) is -0.673. The molecule has 1 heterocycles. The van der Waals surface area contributed by atoms with Crippen molar-refractivity contribution in [2.24, 2.45) is 4.99 Å². The minimum Gasteiger partial charge on any atom is -0.311 e. The molecule has 0 fully saturated rings. The number of halogens is 6. The number of urea groups is 1.